The van der Waals surface area contributed by atoms with Crippen molar-refractivity contribution in [1.29, 1.82) is 0 Å². The molecule has 0 fully saturated rings. The first-order chi connectivity index (χ1) is 12.8. The minimum absolute atomic E-state index is 0.0243. The van der Waals surface area contributed by atoms with Crippen LogP contribution in [0.4, 0.5) is 5.69 Å². The van der Waals surface area contributed by atoms with Crippen molar-refractivity contribution in [2.24, 2.45) is 5.14 Å². The van der Waals surface area contributed by atoms with Crippen LogP contribution < -0.4 is 10.5 Å². The number of furan rings is 1. The Kier molecular flexibility index (Phi) is 4.15. The molecular weight excluding hydrogens is 388 g/mol. The van der Waals surface area contributed by atoms with E-state index < -0.39 is 10.0 Å². The van der Waals surface area contributed by atoms with Gasteiger partial charge in [-0.1, -0.05) is 11.6 Å². The van der Waals surface area contributed by atoms with Crippen molar-refractivity contribution >= 4 is 44.9 Å². The van der Waals surface area contributed by atoms with E-state index in [0.29, 0.717) is 38.9 Å². The molecule has 0 radical (unpaired) electrons. The molecule has 4 rings (SSSR count). The first-order valence-electron chi connectivity index (χ1n) is 7.87. The SMILES string of the molecule is NS(=O)(=O)c1ccc(-c2ccc(C=C3C(=O)Nc4ccc(Cl)cc43)o2)cc1. The highest BCUT2D eigenvalue weighted by atomic mass is 35.5. The van der Waals surface area contributed by atoms with Crippen molar-refractivity contribution in [3.05, 3.63) is 70.9 Å². The Balaban J connectivity index is 1.67. The van der Waals surface area contributed by atoms with E-state index in [1.54, 1.807) is 48.5 Å². The van der Waals surface area contributed by atoms with Gasteiger partial charge in [0.2, 0.25) is 10.0 Å². The molecule has 0 saturated heterocycles. The summed E-state index contributed by atoms with van der Waals surface area (Å²) in [6, 6.07) is 14.7. The van der Waals surface area contributed by atoms with Gasteiger partial charge in [0.1, 0.15) is 11.5 Å². The topological polar surface area (TPSA) is 102 Å². The lowest BCUT2D eigenvalue weighted by molar-refractivity contribution is -0.110. The summed E-state index contributed by atoms with van der Waals surface area (Å²) in [5.74, 6) is 0.786. The first kappa shape index (κ1) is 17.5. The summed E-state index contributed by atoms with van der Waals surface area (Å²) >= 11 is 6.03. The Bertz CT molecular complexity index is 1190. The minimum Gasteiger partial charge on any atom is -0.457 e. The maximum Gasteiger partial charge on any atom is 0.256 e. The van der Waals surface area contributed by atoms with Crippen LogP contribution in [0.2, 0.25) is 5.02 Å². The number of nitrogens with two attached hydrogens (primary N) is 1. The van der Waals surface area contributed by atoms with Crippen LogP contribution in [-0.4, -0.2) is 14.3 Å². The van der Waals surface area contributed by atoms with Crippen LogP contribution in [0.3, 0.4) is 0 Å². The number of fused-ring (bicyclic) bond motifs is 1. The number of hydrogen-bond donors (Lipinski definition) is 2. The zero-order valence-corrected chi connectivity index (χ0v) is 15.3. The van der Waals surface area contributed by atoms with E-state index in [0.717, 1.165) is 0 Å². The fourth-order valence-corrected chi connectivity index (χ4v) is 3.53. The summed E-state index contributed by atoms with van der Waals surface area (Å²) in [6.07, 6.45) is 1.64. The summed E-state index contributed by atoms with van der Waals surface area (Å²) in [4.78, 5) is 12.2. The van der Waals surface area contributed by atoms with Gasteiger partial charge in [0, 0.05) is 21.8 Å². The average molecular weight is 401 g/mol. The Morgan fingerprint density at radius 3 is 2.48 bits per heavy atom. The second-order valence-electron chi connectivity index (χ2n) is 5.97. The van der Waals surface area contributed by atoms with Crippen LogP contribution in [0.25, 0.3) is 23.0 Å². The molecule has 27 heavy (non-hydrogen) atoms. The number of rotatable bonds is 3. The maximum absolute atomic E-state index is 12.2. The van der Waals surface area contributed by atoms with Gasteiger partial charge in [-0.2, -0.15) is 0 Å². The van der Waals surface area contributed by atoms with E-state index in [1.807, 2.05) is 0 Å². The molecule has 2 aromatic carbocycles. The Morgan fingerprint density at radius 1 is 1.04 bits per heavy atom. The third-order valence-electron chi connectivity index (χ3n) is 4.15. The van der Waals surface area contributed by atoms with Gasteiger partial charge in [-0.05, 0) is 60.7 Å². The van der Waals surface area contributed by atoms with E-state index in [1.165, 1.54) is 12.1 Å². The lowest BCUT2D eigenvalue weighted by Crippen LogP contribution is -2.11. The molecule has 0 atom stereocenters. The lowest BCUT2D eigenvalue weighted by atomic mass is 10.1. The van der Waals surface area contributed by atoms with Gasteiger partial charge in [0.25, 0.3) is 5.91 Å². The average Bonchev–Trinajstić information content (AvgIpc) is 3.20. The largest absolute Gasteiger partial charge is 0.457 e. The minimum atomic E-state index is -3.75. The number of benzene rings is 2. The monoisotopic (exact) mass is 400 g/mol. The molecule has 1 aliphatic rings. The van der Waals surface area contributed by atoms with Crippen LogP contribution in [0.1, 0.15) is 11.3 Å². The van der Waals surface area contributed by atoms with Gasteiger partial charge in [-0.3, -0.25) is 4.79 Å². The number of nitrogens with one attached hydrogen (secondary N) is 1. The predicted octanol–water partition coefficient (Wildman–Crippen LogP) is 3.74. The van der Waals surface area contributed by atoms with E-state index in [2.05, 4.69) is 5.32 Å². The zero-order chi connectivity index (χ0) is 19.2. The number of halogens is 1. The van der Waals surface area contributed by atoms with E-state index in [9.17, 15) is 13.2 Å². The number of sulfonamides is 1. The lowest BCUT2D eigenvalue weighted by Gasteiger charge is -2.00. The van der Waals surface area contributed by atoms with Crippen LogP contribution >= 0.6 is 11.6 Å². The van der Waals surface area contributed by atoms with Crippen molar-refractivity contribution in [3.8, 4) is 11.3 Å². The van der Waals surface area contributed by atoms with Gasteiger partial charge in [-0.15, -0.1) is 0 Å². The second kappa shape index (κ2) is 6.38. The Hall–Kier alpha value is -2.87. The quantitative estimate of drug-likeness (QED) is 0.653. The second-order valence-corrected chi connectivity index (χ2v) is 7.97. The smallest absolute Gasteiger partial charge is 0.256 e. The molecule has 0 saturated carbocycles. The van der Waals surface area contributed by atoms with Gasteiger partial charge in [0.15, 0.2) is 0 Å². The molecule has 3 N–H and O–H groups in total. The Morgan fingerprint density at radius 2 is 1.78 bits per heavy atom. The molecule has 1 aromatic heterocycles. The highest BCUT2D eigenvalue weighted by Gasteiger charge is 2.24. The molecule has 0 spiro atoms. The van der Waals surface area contributed by atoms with Crippen LogP contribution in [0.15, 0.2) is 63.9 Å². The third-order valence-corrected chi connectivity index (χ3v) is 5.31. The van der Waals surface area contributed by atoms with Gasteiger partial charge in [-0.25, -0.2) is 13.6 Å². The van der Waals surface area contributed by atoms with Crippen molar-refractivity contribution in [2.45, 2.75) is 4.90 Å². The van der Waals surface area contributed by atoms with Crippen molar-refractivity contribution in [2.75, 3.05) is 5.32 Å². The van der Waals surface area contributed by atoms with Gasteiger partial charge >= 0.3 is 0 Å². The molecule has 8 heteroatoms. The molecular formula is C19H13ClN2O4S. The molecule has 0 unspecified atom stereocenters. The molecule has 1 aliphatic heterocycles. The van der Waals surface area contributed by atoms with Crippen molar-refractivity contribution in [3.63, 3.8) is 0 Å². The normalized spacial score (nSPS) is 15.0. The summed E-state index contributed by atoms with van der Waals surface area (Å²) in [5.41, 5.74) is 2.55. The number of carbonyl (C=O) groups is 1. The first-order valence-corrected chi connectivity index (χ1v) is 9.80. The number of primary sulfonamides is 1. The van der Waals surface area contributed by atoms with Crippen molar-refractivity contribution in [1.82, 2.24) is 0 Å². The fourth-order valence-electron chi connectivity index (χ4n) is 2.84. The van der Waals surface area contributed by atoms with Crippen LogP contribution in [0, 0.1) is 0 Å². The fraction of sp³-hybridized carbons (Fsp3) is 0. The summed E-state index contributed by atoms with van der Waals surface area (Å²) in [6.45, 7) is 0. The summed E-state index contributed by atoms with van der Waals surface area (Å²) < 4.78 is 28.4. The highest BCUT2D eigenvalue weighted by Crippen LogP contribution is 2.35. The van der Waals surface area contributed by atoms with Crippen LogP contribution in [-0.2, 0) is 14.8 Å². The predicted molar refractivity (Wildman–Crippen MR) is 103 cm³/mol. The molecule has 3 aromatic rings. The zero-order valence-electron chi connectivity index (χ0n) is 13.8. The highest BCUT2D eigenvalue weighted by molar-refractivity contribution is 7.89. The number of carbonyl (C=O) groups excluding carboxylic acids is 1. The summed E-state index contributed by atoms with van der Waals surface area (Å²) in [7, 11) is -3.75. The number of hydrogen-bond acceptors (Lipinski definition) is 4. The van der Waals surface area contributed by atoms with Crippen LogP contribution in [0.5, 0.6) is 0 Å². The molecule has 0 aliphatic carbocycles. The Labute approximate surface area is 160 Å². The molecule has 6 nitrogen and oxygen atoms in total. The van der Waals surface area contributed by atoms with E-state index in [4.69, 9.17) is 21.2 Å². The molecule has 136 valence electrons. The molecule has 2 heterocycles. The standard InChI is InChI=1S/C19H13ClN2O4S/c20-12-3-7-17-15(9-12)16(19(23)22-17)10-13-4-8-18(26-13)11-1-5-14(6-2-11)27(21,24)25/h1-10H,(H,22,23)(H2,21,24,25). The maximum atomic E-state index is 12.2. The molecule has 1 amide bonds. The van der Waals surface area contributed by atoms with E-state index >= 15 is 0 Å². The molecule has 0 bridgehead atoms. The van der Waals surface area contributed by atoms with E-state index in [-0.39, 0.29) is 10.8 Å². The van der Waals surface area contributed by atoms with Crippen molar-refractivity contribution < 1.29 is 17.6 Å². The third kappa shape index (κ3) is 3.40. The number of anilines is 1. The van der Waals surface area contributed by atoms with Gasteiger partial charge < -0.3 is 9.73 Å². The summed E-state index contributed by atoms with van der Waals surface area (Å²) in [5, 5.41) is 8.41. The number of amides is 1. The van der Waals surface area contributed by atoms with Gasteiger partial charge in [0.05, 0.1) is 10.5 Å².